The Labute approximate surface area is 138 Å². The van der Waals surface area contributed by atoms with E-state index in [2.05, 4.69) is 31.2 Å². The number of nitrogens with zero attached hydrogens (tertiary/aromatic N) is 2. The van der Waals surface area contributed by atoms with Crippen LogP contribution >= 0.6 is 15.9 Å². The zero-order valence-corrected chi connectivity index (χ0v) is 13.3. The van der Waals surface area contributed by atoms with Crippen molar-refractivity contribution in [2.24, 2.45) is 0 Å². The third-order valence-electron chi connectivity index (χ3n) is 2.90. The summed E-state index contributed by atoms with van der Waals surface area (Å²) in [5, 5.41) is 2.35. The molecule has 1 heterocycles. The van der Waals surface area contributed by atoms with Crippen LogP contribution in [0.4, 0.5) is 19.0 Å². The van der Waals surface area contributed by atoms with Gasteiger partial charge in [-0.1, -0.05) is 46.3 Å². The average molecular weight is 389 g/mol. The van der Waals surface area contributed by atoms with E-state index in [0.29, 0.717) is 0 Å². The number of amides is 1. The molecule has 9 heteroatoms. The molecule has 2 aromatic rings. The van der Waals surface area contributed by atoms with Crippen LogP contribution in [0.25, 0.3) is 0 Å². The molecule has 0 saturated carbocycles. The lowest BCUT2D eigenvalue weighted by atomic mass is 10.2. The second kappa shape index (κ2) is 6.95. The third kappa shape index (κ3) is 4.19. The number of halogens is 4. The molecule has 5 nitrogen and oxygen atoms in total. The van der Waals surface area contributed by atoms with E-state index in [9.17, 15) is 18.0 Å². The molecule has 0 radical (unpaired) electrons. The van der Waals surface area contributed by atoms with E-state index in [4.69, 9.17) is 5.73 Å². The number of aromatic nitrogens is 2. The second-order valence-corrected chi connectivity index (χ2v) is 5.11. The minimum absolute atomic E-state index is 0.200. The second-order valence-electron chi connectivity index (χ2n) is 4.55. The van der Waals surface area contributed by atoms with Gasteiger partial charge in [-0.15, -0.1) is 0 Å². The fraction of sp³-hybridized carbons (Fsp3) is 0.214. The summed E-state index contributed by atoms with van der Waals surface area (Å²) in [7, 11) is 0. The van der Waals surface area contributed by atoms with Crippen molar-refractivity contribution in [3.8, 4) is 0 Å². The van der Waals surface area contributed by atoms with Gasteiger partial charge in [0, 0.05) is 11.9 Å². The van der Waals surface area contributed by atoms with Crippen molar-refractivity contribution >= 4 is 27.7 Å². The molecule has 23 heavy (non-hydrogen) atoms. The lowest BCUT2D eigenvalue weighted by molar-refractivity contribution is -0.141. The Morgan fingerprint density at radius 3 is 2.43 bits per heavy atom. The lowest BCUT2D eigenvalue weighted by Gasteiger charge is -2.13. The molecule has 0 saturated heterocycles. The molecule has 1 aromatic carbocycles. The average Bonchev–Trinajstić information content (AvgIpc) is 2.52. The summed E-state index contributed by atoms with van der Waals surface area (Å²) in [5.41, 5.74) is 4.37. The SMILES string of the molecule is Nc1nc(C(F)(F)F)c(CBr)nc1C(=O)NCc1ccccc1. The Bertz CT molecular complexity index is 707. The topological polar surface area (TPSA) is 80.9 Å². The standard InChI is InChI=1S/C14H12BrF3N4O/c15-6-9-11(14(16,17)18)22-12(19)10(21-9)13(23)20-7-8-4-2-1-3-5-8/h1-5H,6-7H2,(H2,19,22)(H,20,23). The molecular formula is C14H12BrF3N4O. The van der Waals surface area contributed by atoms with Crippen molar-refractivity contribution in [2.45, 2.75) is 18.1 Å². The van der Waals surface area contributed by atoms with Crippen molar-refractivity contribution in [1.82, 2.24) is 15.3 Å². The van der Waals surface area contributed by atoms with Gasteiger partial charge in [0.15, 0.2) is 17.2 Å². The normalized spacial score (nSPS) is 11.3. The number of anilines is 1. The zero-order chi connectivity index (χ0) is 17.0. The highest BCUT2D eigenvalue weighted by Gasteiger charge is 2.37. The van der Waals surface area contributed by atoms with Gasteiger partial charge in [0.05, 0.1) is 5.69 Å². The number of rotatable bonds is 4. The Balaban J connectivity index is 2.23. The van der Waals surface area contributed by atoms with E-state index in [1.807, 2.05) is 6.07 Å². The highest BCUT2D eigenvalue weighted by Crippen LogP contribution is 2.31. The molecule has 2 rings (SSSR count). The van der Waals surface area contributed by atoms with Crippen LogP contribution in [0.15, 0.2) is 30.3 Å². The van der Waals surface area contributed by atoms with Gasteiger partial charge in [-0.05, 0) is 5.56 Å². The van der Waals surface area contributed by atoms with E-state index in [-0.39, 0.29) is 17.6 Å². The lowest BCUT2D eigenvalue weighted by Crippen LogP contribution is -2.27. The maximum atomic E-state index is 12.8. The van der Waals surface area contributed by atoms with Gasteiger partial charge >= 0.3 is 6.18 Å². The molecule has 0 fully saturated rings. The molecule has 0 atom stereocenters. The molecule has 1 aromatic heterocycles. The Hall–Kier alpha value is -2.16. The summed E-state index contributed by atoms with van der Waals surface area (Å²) in [4.78, 5) is 19.1. The van der Waals surface area contributed by atoms with E-state index in [1.54, 1.807) is 24.3 Å². The predicted octanol–water partition coefficient (Wildman–Crippen LogP) is 2.90. The van der Waals surface area contributed by atoms with E-state index in [1.165, 1.54) is 0 Å². The first-order chi connectivity index (χ1) is 10.8. The van der Waals surface area contributed by atoms with Crippen LogP contribution in [-0.4, -0.2) is 15.9 Å². The van der Waals surface area contributed by atoms with Gasteiger partial charge in [-0.25, -0.2) is 9.97 Å². The molecule has 0 aliphatic rings. The van der Waals surface area contributed by atoms with Crippen LogP contribution in [0.2, 0.25) is 0 Å². The van der Waals surface area contributed by atoms with Crippen LogP contribution in [0.1, 0.15) is 27.4 Å². The van der Waals surface area contributed by atoms with Crippen LogP contribution in [-0.2, 0) is 18.1 Å². The monoisotopic (exact) mass is 388 g/mol. The smallest absolute Gasteiger partial charge is 0.382 e. The predicted molar refractivity (Wildman–Crippen MR) is 81.7 cm³/mol. The number of hydrogen-bond acceptors (Lipinski definition) is 4. The van der Waals surface area contributed by atoms with Gasteiger partial charge in [0.2, 0.25) is 0 Å². The highest BCUT2D eigenvalue weighted by molar-refractivity contribution is 9.08. The van der Waals surface area contributed by atoms with Crippen molar-refractivity contribution < 1.29 is 18.0 Å². The van der Waals surface area contributed by atoms with Crippen molar-refractivity contribution in [2.75, 3.05) is 5.73 Å². The number of benzene rings is 1. The van der Waals surface area contributed by atoms with Gasteiger partial charge < -0.3 is 11.1 Å². The zero-order valence-electron chi connectivity index (χ0n) is 11.7. The summed E-state index contributed by atoms with van der Waals surface area (Å²) in [6.07, 6.45) is -4.69. The maximum absolute atomic E-state index is 12.8. The molecule has 0 spiro atoms. The molecule has 3 N–H and O–H groups in total. The summed E-state index contributed by atoms with van der Waals surface area (Å²) in [6, 6.07) is 9.03. The maximum Gasteiger partial charge on any atom is 0.435 e. The van der Waals surface area contributed by atoms with Crippen LogP contribution in [0, 0.1) is 0 Å². The largest absolute Gasteiger partial charge is 0.435 e. The minimum Gasteiger partial charge on any atom is -0.382 e. The number of hydrogen-bond donors (Lipinski definition) is 2. The first-order valence-electron chi connectivity index (χ1n) is 6.44. The fourth-order valence-corrected chi connectivity index (χ4v) is 2.22. The van der Waals surface area contributed by atoms with Crippen LogP contribution in [0.3, 0.4) is 0 Å². The van der Waals surface area contributed by atoms with Crippen molar-refractivity contribution in [1.29, 1.82) is 0 Å². The molecule has 1 amide bonds. The first kappa shape index (κ1) is 17.2. The Kier molecular flexibility index (Phi) is 5.19. The van der Waals surface area contributed by atoms with E-state index < -0.39 is 29.3 Å². The van der Waals surface area contributed by atoms with Gasteiger partial charge in [-0.3, -0.25) is 4.79 Å². The van der Waals surface area contributed by atoms with Crippen LogP contribution < -0.4 is 11.1 Å². The van der Waals surface area contributed by atoms with E-state index in [0.717, 1.165) is 5.56 Å². The summed E-state index contributed by atoms with van der Waals surface area (Å²) < 4.78 is 38.5. The molecule has 0 aliphatic heterocycles. The summed E-state index contributed by atoms with van der Waals surface area (Å²) >= 11 is 2.91. The van der Waals surface area contributed by atoms with Gasteiger partial charge in [0.1, 0.15) is 0 Å². The fourth-order valence-electron chi connectivity index (χ4n) is 1.83. The Morgan fingerprint density at radius 2 is 1.87 bits per heavy atom. The number of alkyl halides is 4. The third-order valence-corrected chi connectivity index (χ3v) is 3.43. The number of carbonyl (C=O) groups is 1. The summed E-state index contributed by atoms with van der Waals surface area (Å²) in [5.74, 6) is -1.25. The quantitative estimate of drug-likeness (QED) is 0.789. The van der Waals surface area contributed by atoms with Crippen LogP contribution in [0.5, 0.6) is 0 Å². The number of nitrogens with one attached hydrogen (secondary N) is 1. The number of nitrogen functional groups attached to an aromatic ring is 1. The van der Waals surface area contributed by atoms with Gasteiger partial charge in [0.25, 0.3) is 5.91 Å². The van der Waals surface area contributed by atoms with Gasteiger partial charge in [-0.2, -0.15) is 13.2 Å². The highest BCUT2D eigenvalue weighted by atomic mass is 79.9. The molecule has 0 bridgehead atoms. The van der Waals surface area contributed by atoms with Crippen molar-refractivity contribution in [3.63, 3.8) is 0 Å². The van der Waals surface area contributed by atoms with Crippen molar-refractivity contribution in [3.05, 3.63) is 53.0 Å². The molecular weight excluding hydrogens is 377 g/mol. The number of nitrogens with two attached hydrogens (primary N) is 1. The first-order valence-corrected chi connectivity index (χ1v) is 7.56. The Morgan fingerprint density at radius 1 is 1.22 bits per heavy atom. The minimum atomic E-state index is -4.69. The molecule has 122 valence electrons. The number of carbonyl (C=O) groups excluding carboxylic acids is 1. The molecule has 0 unspecified atom stereocenters. The molecule has 0 aliphatic carbocycles. The van der Waals surface area contributed by atoms with E-state index >= 15 is 0 Å². The summed E-state index contributed by atoms with van der Waals surface area (Å²) in [6.45, 7) is 0.200.